The summed E-state index contributed by atoms with van der Waals surface area (Å²) in [5.41, 5.74) is 1.32. The lowest BCUT2D eigenvalue weighted by Gasteiger charge is -2.29. The van der Waals surface area contributed by atoms with Crippen LogP contribution in [0.3, 0.4) is 0 Å². The summed E-state index contributed by atoms with van der Waals surface area (Å²) in [6.45, 7) is 2.25. The molecule has 1 aromatic carbocycles. The normalized spacial score (nSPS) is 27.6. The second-order valence-corrected chi connectivity index (χ2v) is 4.54. The summed E-state index contributed by atoms with van der Waals surface area (Å²) in [6.07, 6.45) is 3.83. The topological polar surface area (TPSA) is 12.0 Å². The molecular weight excluding hydrogens is 194 g/mol. The van der Waals surface area contributed by atoms with E-state index in [-0.39, 0.29) is 0 Å². The quantitative estimate of drug-likeness (QED) is 0.746. The molecule has 2 atom stereocenters. The van der Waals surface area contributed by atoms with E-state index in [0.717, 1.165) is 5.02 Å². The number of benzene rings is 1. The van der Waals surface area contributed by atoms with Gasteiger partial charge in [-0.3, -0.25) is 0 Å². The lowest BCUT2D eigenvalue weighted by atomic mass is 9.94. The van der Waals surface area contributed by atoms with Gasteiger partial charge in [-0.2, -0.15) is 0 Å². The molecule has 76 valence electrons. The van der Waals surface area contributed by atoms with Crippen molar-refractivity contribution >= 4 is 11.6 Å². The number of nitrogens with one attached hydrogen (secondary N) is 1. The van der Waals surface area contributed by atoms with Crippen LogP contribution >= 0.6 is 11.6 Å². The van der Waals surface area contributed by atoms with Crippen LogP contribution in [0.1, 0.15) is 37.8 Å². The molecule has 2 heteroatoms. The fourth-order valence-electron chi connectivity index (χ4n) is 2.12. The molecule has 1 aliphatic heterocycles. The van der Waals surface area contributed by atoms with Gasteiger partial charge in [-0.25, -0.2) is 0 Å². The van der Waals surface area contributed by atoms with E-state index in [4.69, 9.17) is 11.6 Å². The molecule has 1 heterocycles. The van der Waals surface area contributed by atoms with E-state index >= 15 is 0 Å². The molecule has 1 aromatic rings. The van der Waals surface area contributed by atoms with E-state index in [1.807, 2.05) is 12.1 Å². The monoisotopic (exact) mass is 209 g/mol. The van der Waals surface area contributed by atoms with Crippen molar-refractivity contribution in [3.8, 4) is 0 Å². The molecule has 1 fully saturated rings. The van der Waals surface area contributed by atoms with Crippen LogP contribution < -0.4 is 5.32 Å². The van der Waals surface area contributed by atoms with Gasteiger partial charge in [0.15, 0.2) is 0 Å². The molecule has 1 nitrogen and oxygen atoms in total. The van der Waals surface area contributed by atoms with Crippen molar-refractivity contribution in [2.24, 2.45) is 0 Å². The summed E-state index contributed by atoms with van der Waals surface area (Å²) in [4.78, 5) is 0. The molecule has 0 spiro atoms. The van der Waals surface area contributed by atoms with E-state index in [1.54, 1.807) is 0 Å². The first-order valence-corrected chi connectivity index (χ1v) is 5.65. The van der Waals surface area contributed by atoms with Crippen molar-refractivity contribution < 1.29 is 0 Å². The molecule has 0 amide bonds. The molecule has 0 radical (unpaired) electrons. The Morgan fingerprint density at radius 1 is 1.36 bits per heavy atom. The van der Waals surface area contributed by atoms with Crippen molar-refractivity contribution in [2.45, 2.75) is 38.3 Å². The third-order valence-electron chi connectivity index (χ3n) is 2.87. The highest BCUT2D eigenvalue weighted by Gasteiger charge is 2.18. The highest BCUT2D eigenvalue weighted by Crippen LogP contribution is 2.26. The molecular formula is C12H16ClN. The molecule has 0 aliphatic carbocycles. The van der Waals surface area contributed by atoms with E-state index in [1.165, 1.54) is 24.8 Å². The molecule has 2 rings (SSSR count). The fraction of sp³-hybridized carbons (Fsp3) is 0.500. The van der Waals surface area contributed by atoms with Crippen LogP contribution in [0.25, 0.3) is 0 Å². The number of halogens is 1. The Labute approximate surface area is 90.5 Å². The number of rotatable bonds is 1. The summed E-state index contributed by atoms with van der Waals surface area (Å²) in [5, 5.41) is 4.44. The predicted molar refractivity (Wildman–Crippen MR) is 60.6 cm³/mol. The summed E-state index contributed by atoms with van der Waals surface area (Å²) >= 11 is 5.97. The summed E-state index contributed by atoms with van der Waals surface area (Å²) < 4.78 is 0. The molecule has 0 aromatic heterocycles. The summed E-state index contributed by atoms with van der Waals surface area (Å²) in [7, 11) is 0. The van der Waals surface area contributed by atoms with Crippen molar-refractivity contribution in [3.05, 3.63) is 34.9 Å². The van der Waals surface area contributed by atoms with Gasteiger partial charge >= 0.3 is 0 Å². The molecule has 1 aliphatic rings. The van der Waals surface area contributed by atoms with Crippen LogP contribution in [0.2, 0.25) is 5.02 Å². The Bertz CT molecular complexity index is 311. The minimum atomic E-state index is 0.498. The molecule has 2 unspecified atom stereocenters. The van der Waals surface area contributed by atoms with E-state index in [9.17, 15) is 0 Å². The Kier molecular flexibility index (Phi) is 3.09. The van der Waals surface area contributed by atoms with Crippen LogP contribution in [0.5, 0.6) is 0 Å². The first kappa shape index (κ1) is 10.0. The lowest BCUT2D eigenvalue weighted by Crippen LogP contribution is -2.34. The highest BCUT2D eigenvalue weighted by molar-refractivity contribution is 6.30. The first-order chi connectivity index (χ1) is 6.75. The zero-order chi connectivity index (χ0) is 9.97. The lowest BCUT2D eigenvalue weighted by molar-refractivity contribution is 0.341. The second kappa shape index (κ2) is 4.33. The zero-order valence-electron chi connectivity index (χ0n) is 8.46. The molecule has 14 heavy (non-hydrogen) atoms. The van der Waals surface area contributed by atoms with Gasteiger partial charge in [0.2, 0.25) is 0 Å². The predicted octanol–water partition coefficient (Wildman–Crippen LogP) is 3.54. The Balaban J connectivity index is 2.14. The average molecular weight is 210 g/mol. The van der Waals surface area contributed by atoms with Gasteiger partial charge in [0, 0.05) is 17.1 Å². The minimum Gasteiger partial charge on any atom is -0.307 e. The third-order valence-corrected chi connectivity index (χ3v) is 3.10. The van der Waals surface area contributed by atoms with Crippen LogP contribution in [0, 0.1) is 0 Å². The van der Waals surface area contributed by atoms with Gasteiger partial charge in [0.25, 0.3) is 0 Å². The Morgan fingerprint density at radius 2 is 2.21 bits per heavy atom. The van der Waals surface area contributed by atoms with Gasteiger partial charge < -0.3 is 5.32 Å². The maximum absolute atomic E-state index is 5.97. The number of piperidine rings is 1. The first-order valence-electron chi connectivity index (χ1n) is 5.27. The Hall–Kier alpha value is -0.530. The van der Waals surface area contributed by atoms with E-state index in [2.05, 4.69) is 24.4 Å². The van der Waals surface area contributed by atoms with Crippen molar-refractivity contribution in [2.75, 3.05) is 0 Å². The van der Waals surface area contributed by atoms with Crippen molar-refractivity contribution in [1.82, 2.24) is 5.32 Å². The largest absolute Gasteiger partial charge is 0.307 e. The van der Waals surface area contributed by atoms with Crippen LogP contribution in [0.4, 0.5) is 0 Å². The van der Waals surface area contributed by atoms with Crippen molar-refractivity contribution in [3.63, 3.8) is 0 Å². The minimum absolute atomic E-state index is 0.498. The second-order valence-electron chi connectivity index (χ2n) is 4.11. The maximum atomic E-state index is 5.97. The number of hydrogen-bond acceptors (Lipinski definition) is 1. The van der Waals surface area contributed by atoms with Crippen molar-refractivity contribution in [1.29, 1.82) is 0 Å². The van der Waals surface area contributed by atoms with Crippen LogP contribution in [-0.2, 0) is 0 Å². The summed E-state index contributed by atoms with van der Waals surface area (Å²) in [6, 6.07) is 9.31. The van der Waals surface area contributed by atoms with Gasteiger partial charge in [-0.05, 0) is 37.5 Å². The van der Waals surface area contributed by atoms with Gasteiger partial charge in [0.05, 0.1) is 0 Å². The maximum Gasteiger partial charge on any atom is 0.0409 e. The number of hydrogen-bond donors (Lipinski definition) is 1. The van der Waals surface area contributed by atoms with Gasteiger partial charge in [-0.1, -0.05) is 30.2 Å². The standard InChI is InChI=1S/C12H16ClN/c1-9-4-2-7-12(14-9)10-5-3-6-11(13)8-10/h3,5-6,8-9,12,14H,2,4,7H2,1H3. The summed E-state index contributed by atoms with van der Waals surface area (Å²) in [5.74, 6) is 0. The van der Waals surface area contributed by atoms with Crippen LogP contribution in [-0.4, -0.2) is 6.04 Å². The van der Waals surface area contributed by atoms with Gasteiger partial charge in [-0.15, -0.1) is 0 Å². The molecule has 1 N–H and O–H groups in total. The van der Waals surface area contributed by atoms with E-state index in [0.29, 0.717) is 12.1 Å². The van der Waals surface area contributed by atoms with E-state index < -0.39 is 0 Å². The van der Waals surface area contributed by atoms with Gasteiger partial charge in [0.1, 0.15) is 0 Å². The smallest absolute Gasteiger partial charge is 0.0409 e. The molecule has 1 saturated heterocycles. The fourth-order valence-corrected chi connectivity index (χ4v) is 2.32. The average Bonchev–Trinajstić information content (AvgIpc) is 2.18. The van der Waals surface area contributed by atoms with Crippen LogP contribution in [0.15, 0.2) is 24.3 Å². The molecule has 0 bridgehead atoms. The highest BCUT2D eigenvalue weighted by atomic mass is 35.5. The zero-order valence-corrected chi connectivity index (χ0v) is 9.22. The Morgan fingerprint density at radius 3 is 2.93 bits per heavy atom. The molecule has 0 saturated carbocycles. The SMILES string of the molecule is CC1CCCC(c2cccc(Cl)c2)N1. The third kappa shape index (κ3) is 2.28.